The maximum atomic E-state index is 12.7. The molecular formula is C14H22BNO5S2. The fourth-order valence-corrected chi connectivity index (χ4v) is 5.32. The second-order valence-electron chi connectivity index (χ2n) is 6.76. The van der Waals surface area contributed by atoms with Crippen LogP contribution in [0.3, 0.4) is 0 Å². The molecule has 0 spiro atoms. The lowest BCUT2D eigenvalue weighted by atomic mass is 9.88. The highest BCUT2D eigenvalue weighted by atomic mass is 32.2. The summed E-state index contributed by atoms with van der Waals surface area (Å²) in [5.41, 5.74) is -0.879. The average Bonchev–Trinajstić information content (AvgIpc) is 3.04. The highest BCUT2D eigenvalue weighted by Gasteiger charge is 2.52. The molecule has 0 N–H and O–H groups in total. The van der Waals surface area contributed by atoms with Crippen molar-refractivity contribution in [3.63, 3.8) is 0 Å². The zero-order valence-corrected chi connectivity index (χ0v) is 15.5. The Labute approximate surface area is 141 Å². The molecule has 0 amide bonds. The van der Waals surface area contributed by atoms with Crippen molar-refractivity contribution >= 4 is 33.3 Å². The number of ether oxygens (including phenoxy) is 1. The van der Waals surface area contributed by atoms with Gasteiger partial charge in [0.25, 0.3) is 10.0 Å². The molecule has 3 rings (SSSR count). The lowest BCUT2D eigenvalue weighted by molar-refractivity contribution is 0.00578. The van der Waals surface area contributed by atoms with Crippen molar-refractivity contribution < 1.29 is 22.5 Å². The first kappa shape index (κ1) is 17.4. The Balaban J connectivity index is 1.81. The summed E-state index contributed by atoms with van der Waals surface area (Å²) in [5.74, 6) is 0. The number of sulfonamides is 1. The van der Waals surface area contributed by atoms with Crippen LogP contribution in [0.25, 0.3) is 0 Å². The molecular weight excluding hydrogens is 337 g/mol. The third-order valence-electron chi connectivity index (χ3n) is 4.65. The molecule has 3 heterocycles. The third-order valence-corrected chi connectivity index (χ3v) is 8.12. The van der Waals surface area contributed by atoms with Gasteiger partial charge in [-0.05, 0) is 33.8 Å². The summed E-state index contributed by atoms with van der Waals surface area (Å²) in [6.07, 6.45) is 0. The Bertz CT molecular complexity index is 663. The van der Waals surface area contributed by atoms with Crippen LogP contribution in [0.5, 0.6) is 0 Å². The Kier molecular flexibility index (Phi) is 4.40. The van der Waals surface area contributed by atoms with Crippen LogP contribution >= 0.6 is 11.3 Å². The van der Waals surface area contributed by atoms with Crippen LogP contribution in [0, 0.1) is 0 Å². The topological polar surface area (TPSA) is 65.1 Å². The van der Waals surface area contributed by atoms with Gasteiger partial charge in [-0.2, -0.15) is 4.31 Å². The average molecular weight is 359 g/mol. The van der Waals surface area contributed by atoms with Crippen LogP contribution in [-0.2, 0) is 24.1 Å². The first-order valence-corrected chi connectivity index (χ1v) is 9.92. The van der Waals surface area contributed by atoms with E-state index in [4.69, 9.17) is 14.0 Å². The minimum Gasteiger partial charge on any atom is -0.399 e. The van der Waals surface area contributed by atoms with Crippen molar-refractivity contribution in [2.75, 3.05) is 26.3 Å². The molecule has 6 nitrogen and oxygen atoms in total. The first-order chi connectivity index (χ1) is 10.6. The summed E-state index contributed by atoms with van der Waals surface area (Å²) >= 11 is 1.21. The fraction of sp³-hybridized carbons (Fsp3) is 0.714. The van der Waals surface area contributed by atoms with Gasteiger partial charge in [0.1, 0.15) is 4.21 Å². The van der Waals surface area contributed by atoms with Crippen LogP contribution in [-0.4, -0.2) is 57.3 Å². The SMILES string of the molecule is CC1(C)OB(c2ccc(S(=O)(=O)N3CCOCC3)s2)OC1(C)C. The van der Waals surface area contributed by atoms with Gasteiger partial charge in [-0.15, -0.1) is 11.3 Å². The molecule has 2 saturated heterocycles. The van der Waals surface area contributed by atoms with Crippen LogP contribution in [0.4, 0.5) is 0 Å². The highest BCUT2D eigenvalue weighted by Crippen LogP contribution is 2.37. The molecule has 0 aliphatic carbocycles. The van der Waals surface area contributed by atoms with Crippen LogP contribution in [0.15, 0.2) is 16.3 Å². The van der Waals surface area contributed by atoms with E-state index in [0.717, 1.165) is 4.78 Å². The van der Waals surface area contributed by atoms with Gasteiger partial charge in [0, 0.05) is 17.9 Å². The molecule has 2 fully saturated rings. The van der Waals surface area contributed by atoms with E-state index in [-0.39, 0.29) is 0 Å². The number of nitrogens with zero attached hydrogens (tertiary/aromatic N) is 1. The highest BCUT2D eigenvalue weighted by molar-refractivity contribution is 7.91. The molecule has 0 radical (unpaired) electrons. The number of thiophene rings is 1. The van der Waals surface area contributed by atoms with Crippen LogP contribution < -0.4 is 4.78 Å². The summed E-state index contributed by atoms with van der Waals surface area (Å²) in [4.78, 5) is 0. The molecule has 23 heavy (non-hydrogen) atoms. The van der Waals surface area contributed by atoms with E-state index in [0.29, 0.717) is 30.5 Å². The normalized spacial score (nSPS) is 25.0. The van der Waals surface area contributed by atoms with Crippen molar-refractivity contribution in [3.8, 4) is 0 Å². The summed E-state index contributed by atoms with van der Waals surface area (Å²) in [5, 5.41) is 0. The van der Waals surface area contributed by atoms with E-state index in [1.165, 1.54) is 15.6 Å². The number of rotatable bonds is 3. The van der Waals surface area contributed by atoms with Gasteiger partial charge in [0.05, 0.1) is 24.4 Å². The zero-order valence-electron chi connectivity index (χ0n) is 13.9. The van der Waals surface area contributed by atoms with Crippen LogP contribution in [0.2, 0.25) is 0 Å². The maximum Gasteiger partial charge on any atom is 0.505 e. The van der Waals surface area contributed by atoms with E-state index in [2.05, 4.69) is 0 Å². The monoisotopic (exact) mass is 359 g/mol. The van der Waals surface area contributed by atoms with E-state index in [9.17, 15) is 8.42 Å². The quantitative estimate of drug-likeness (QED) is 0.756. The van der Waals surface area contributed by atoms with Crippen molar-refractivity contribution in [2.24, 2.45) is 0 Å². The summed E-state index contributed by atoms with van der Waals surface area (Å²) in [6.45, 7) is 9.58. The zero-order chi connectivity index (χ0) is 16.9. The molecule has 0 saturated carbocycles. The van der Waals surface area contributed by atoms with Gasteiger partial charge in [-0.1, -0.05) is 6.07 Å². The lowest BCUT2D eigenvalue weighted by Crippen LogP contribution is -2.41. The smallest absolute Gasteiger partial charge is 0.399 e. The molecule has 128 valence electrons. The maximum absolute atomic E-state index is 12.7. The minimum absolute atomic E-state index is 0.323. The standard InChI is InChI=1S/C14H22BNO5S2/c1-13(2)14(3,4)21-15(20-13)11-5-6-12(22-11)23(17,18)16-7-9-19-10-8-16/h5-6H,7-10H2,1-4H3. The molecule has 0 atom stereocenters. The van der Waals surface area contributed by atoms with Gasteiger partial charge in [0.15, 0.2) is 0 Å². The molecule has 9 heteroatoms. The molecule has 0 bridgehead atoms. The Hall–Kier alpha value is -0.445. The van der Waals surface area contributed by atoms with Crippen molar-refractivity contribution in [2.45, 2.75) is 43.1 Å². The molecule has 1 aromatic rings. The van der Waals surface area contributed by atoms with E-state index >= 15 is 0 Å². The second-order valence-corrected chi connectivity index (χ2v) is 10.0. The first-order valence-electron chi connectivity index (χ1n) is 7.67. The predicted octanol–water partition coefficient (Wildman–Crippen LogP) is 1.07. The third kappa shape index (κ3) is 3.10. The van der Waals surface area contributed by atoms with Crippen molar-refractivity contribution in [1.29, 1.82) is 0 Å². The van der Waals surface area contributed by atoms with Gasteiger partial charge in [-0.25, -0.2) is 8.42 Å². The largest absolute Gasteiger partial charge is 0.505 e. The van der Waals surface area contributed by atoms with Gasteiger partial charge >= 0.3 is 7.12 Å². The summed E-state index contributed by atoms with van der Waals surface area (Å²) < 4.78 is 45.1. The molecule has 2 aliphatic rings. The number of hydrogen-bond donors (Lipinski definition) is 0. The van der Waals surface area contributed by atoms with Gasteiger partial charge < -0.3 is 14.0 Å². The molecule has 0 aromatic carbocycles. The molecule has 1 aromatic heterocycles. The van der Waals surface area contributed by atoms with Gasteiger partial charge in [0.2, 0.25) is 0 Å². The summed E-state index contributed by atoms with van der Waals surface area (Å²) in [7, 11) is -4.00. The Morgan fingerprint density at radius 3 is 2.22 bits per heavy atom. The second kappa shape index (κ2) is 5.82. The van der Waals surface area contributed by atoms with E-state index in [1.54, 1.807) is 12.1 Å². The predicted molar refractivity (Wildman–Crippen MR) is 89.6 cm³/mol. The van der Waals surface area contributed by atoms with Crippen molar-refractivity contribution in [1.82, 2.24) is 4.31 Å². The minimum atomic E-state index is -3.47. The van der Waals surface area contributed by atoms with E-state index in [1.807, 2.05) is 27.7 Å². The lowest BCUT2D eigenvalue weighted by Gasteiger charge is -2.32. The van der Waals surface area contributed by atoms with Crippen molar-refractivity contribution in [3.05, 3.63) is 12.1 Å². The number of hydrogen-bond acceptors (Lipinski definition) is 6. The van der Waals surface area contributed by atoms with E-state index < -0.39 is 28.3 Å². The fourth-order valence-electron chi connectivity index (χ4n) is 2.47. The molecule has 2 aliphatic heterocycles. The number of morpholine rings is 1. The molecule has 0 unspecified atom stereocenters. The van der Waals surface area contributed by atoms with Gasteiger partial charge in [-0.3, -0.25) is 0 Å². The Morgan fingerprint density at radius 1 is 1.09 bits per heavy atom. The summed E-state index contributed by atoms with van der Waals surface area (Å²) in [6, 6.07) is 3.41. The Morgan fingerprint density at radius 2 is 1.65 bits per heavy atom. The van der Waals surface area contributed by atoms with Crippen LogP contribution in [0.1, 0.15) is 27.7 Å².